The van der Waals surface area contributed by atoms with E-state index in [2.05, 4.69) is 4.98 Å². The Morgan fingerprint density at radius 2 is 1.86 bits per heavy atom. The molecule has 0 atom stereocenters. The Labute approximate surface area is 170 Å². The molecule has 0 radical (unpaired) electrons. The summed E-state index contributed by atoms with van der Waals surface area (Å²) in [6.07, 6.45) is 0. The minimum Gasteiger partial charge on any atom is -0.292 e. The van der Waals surface area contributed by atoms with Gasteiger partial charge in [-0.15, -0.1) is 11.3 Å². The predicted molar refractivity (Wildman–Crippen MR) is 116 cm³/mol. The van der Waals surface area contributed by atoms with Gasteiger partial charge in [0.1, 0.15) is 0 Å². The van der Waals surface area contributed by atoms with Gasteiger partial charge in [0.25, 0.3) is 5.56 Å². The number of fused-ring (bicyclic) bond motifs is 1. The van der Waals surface area contributed by atoms with Gasteiger partial charge in [-0.3, -0.25) is 14.2 Å². The van der Waals surface area contributed by atoms with Crippen molar-refractivity contribution in [2.24, 2.45) is 0 Å². The van der Waals surface area contributed by atoms with Crippen LogP contribution in [0, 0.1) is 6.92 Å². The number of aromatic nitrogens is 2. The van der Waals surface area contributed by atoms with Crippen molar-refractivity contribution in [2.75, 3.05) is 5.75 Å². The highest BCUT2D eigenvalue weighted by atomic mass is 32.2. The third-order valence-electron chi connectivity index (χ3n) is 4.42. The molecule has 28 heavy (non-hydrogen) atoms. The number of carbonyl (C=O) groups is 1. The van der Waals surface area contributed by atoms with Gasteiger partial charge in [0.05, 0.1) is 28.1 Å². The second kappa shape index (κ2) is 8.12. The van der Waals surface area contributed by atoms with Crippen molar-refractivity contribution in [3.8, 4) is 0 Å². The molecule has 0 unspecified atom stereocenters. The maximum absolute atomic E-state index is 13.1. The summed E-state index contributed by atoms with van der Waals surface area (Å²) in [6.45, 7) is 2.46. The fourth-order valence-electron chi connectivity index (χ4n) is 2.91. The van der Waals surface area contributed by atoms with Crippen LogP contribution in [-0.4, -0.2) is 21.1 Å². The molecule has 0 spiro atoms. The third-order valence-corrected chi connectivity index (χ3v) is 6.30. The van der Waals surface area contributed by atoms with Crippen molar-refractivity contribution in [1.82, 2.24) is 9.55 Å². The number of Topliss-reactive ketones (excluding diaryl/α,β-unsaturated/α-hetero) is 1. The van der Waals surface area contributed by atoms with E-state index in [1.165, 1.54) is 28.7 Å². The molecule has 0 saturated heterocycles. The van der Waals surface area contributed by atoms with E-state index in [9.17, 15) is 9.59 Å². The van der Waals surface area contributed by atoms with Crippen molar-refractivity contribution in [3.63, 3.8) is 0 Å². The fraction of sp³-hybridized carbons (Fsp3) is 0.136. The maximum Gasteiger partial charge on any atom is 0.262 e. The molecule has 0 aliphatic heterocycles. The molecule has 2 heterocycles. The lowest BCUT2D eigenvalue weighted by atomic mass is 10.1. The SMILES string of the molecule is Cc1ccc(Cn2c(SCC(=O)c3cccs3)nc3ccccc3c2=O)cc1. The molecular formula is C22H18N2O2S2. The van der Waals surface area contributed by atoms with Gasteiger partial charge < -0.3 is 0 Å². The van der Waals surface area contributed by atoms with Crippen LogP contribution in [0.4, 0.5) is 0 Å². The standard InChI is InChI=1S/C22H18N2O2S2/c1-15-8-10-16(11-9-15)13-24-21(26)17-5-2-3-6-18(17)23-22(24)28-14-19(25)20-7-4-12-27-20/h2-12H,13-14H2,1H3. The number of thiophene rings is 1. The van der Waals surface area contributed by atoms with Crippen LogP contribution in [0.1, 0.15) is 20.8 Å². The Balaban J connectivity index is 1.71. The zero-order valence-corrected chi connectivity index (χ0v) is 16.9. The molecule has 0 saturated carbocycles. The van der Waals surface area contributed by atoms with Crippen molar-refractivity contribution in [2.45, 2.75) is 18.6 Å². The van der Waals surface area contributed by atoms with E-state index in [-0.39, 0.29) is 17.1 Å². The normalized spacial score (nSPS) is 11.0. The van der Waals surface area contributed by atoms with Crippen LogP contribution < -0.4 is 5.56 Å². The topological polar surface area (TPSA) is 52.0 Å². The molecule has 4 aromatic rings. The largest absolute Gasteiger partial charge is 0.292 e. The smallest absolute Gasteiger partial charge is 0.262 e. The van der Waals surface area contributed by atoms with Crippen molar-refractivity contribution in [1.29, 1.82) is 0 Å². The van der Waals surface area contributed by atoms with Gasteiger partial charge in [0.15, 0.2) is 10.9 Å². The number of carbonyl (C=O) groups excluding carboxylic acids is 1. The summed E-state index contributed by atoms with van der Waals surface area (Å²) in [6, 6.07) is 19.1. The van der Waals surface area contributed by atoms with E-state index in [0.717, 1.165) is 10.4 Å². The fourth-order valence-corrected chi connectivity index (χ4v) is 4.55. The molecule has 2 aromatic carbocycles. The summed E-state index contributed by atoms with van der Waals surface area (Å²) in [5.41, 5.74) is 2.76. The minimum absolute atomic E-state index is 0.0456. The first-order chi connectivity index (χ1) is 13.6. The number of thioether (sulfide) groups is 1. The monoisotopic (exact) mass is 406 g/mol. The van der Waals surface area contributed by atoms with Gasteiger partial charge in [-0.05, 0) is 36.1 Å². The van der Waals surface area contributed by atoms with E-state index < -0.39 is 0 Å². The lowest BCUT2D eigenvalue weighted by Crippen LogP contribution is -2.24. The Kier molecular flexibility index (Phi) is 5.41. The van der Waals surface area contributed by atoms with Crippen LogP contribution >= 0.6 is 23.1 Å². The molecule has 0 fully saturated rings. The first-order valence-electron chi connectivity index (χ1n) is 8.86. The first kappa shape index (κ1) is 18.7. The molecule has 0 amide bonds. The molecular weight excluding hydrogens is 388 g/mol. The van der Waals surface area contributed by atoms with Gasteiger partial charge >= 0.3 is 0 Å². The van der Waals surface area contributed by atoms with Crippen molar-refractivity contribution >= 4 is 39.8 Å². The number of para-hydroxylation sites is 1. The summed E-state index contributed by atoms with van der Waals surface area (Å²) in [4.78, 5) is 30.9. The van der Waals surface area contributed by atoms with E-state index in [4.69, 9.17) is 0 Å². The summed E-state index contributed by atoms with van der Waals surface area (Å²) in [7, 11) is 0. The summed E-state index contributed by atoms with van der Waals surface area (Å²) in [5.74, 6) is 0.295. The van der Waals surface area contributed by atoms with E-state index in [1.807, 2.05) is 66.9 Å². The highest BCUT2D eigenvalue weighted by Gasteiger charge is 2.15. The number of aryl methyl sites for hydroxylation is 1. The highest BCUT2D eigenvalue weighted by molar-refractivity contribution is 7.99. The summed E-state index contributed by atoms with van der Waals surface area (Å²) >= 11 is 2.74. The molecule has 4 rings (SSSR count). The van der Waals surface area contributed by atoms with Crippen LogP contribution in [0.2, 0.25) is 0 Å². The third kappa shape index (κ3) is 3.93. The van der Waals surface area contributed by atoms with E-state index >= 15 is 0 Å². The van der Waals surface area contributed by atoms with Crippen LogP contribution in [0.25, 0.3) is 10.9 Å². The van der Waals surface area contributed by atoms with Gasteiger partial charge in [-0.25, -0.2) is 4.98 Å². The number of hydrogen-bond donors (Lipinski definition) is 0. The van der Waals surface area contributed by atoms with Crippen molar-refractivity contribution in [3.05, 3.63) is 92.4 Å². The second-order valence-corrected chi connectivity index (χ2v) is 8.37. The molecule has 0 aliphatic rings. The molecule has 140 valence electrons. The Morgan fingerprint density at radius 3 is 2.61 bits per heavy atom. The number of nitrogens with zero attached hydrogens (tertiary/aromatic N) is 2. The van der Waals surface area contributed by atoms with Crippen LogP contribution in [0.15, 0.2) is 76.0 Å². The van der Waals surface area contributed by atoms with Crippen LogP contribution in [0.3, 0.4) is 0 Å². The Morgan fingerprint density at radius 1 is 1.07 bits per heavy atom. The second-order valence-electron chi connectivity index (χ2n) is 6.48. The molecule has 0 bridgehead atoms. The highest BCUT2D eigenvalue weighted by Crippen LogP contribution is 2.21. The lowest BCUT2D eigenvalue weighted by Gasteiger charge is -2.13. The Hall–Kier alpha value is -2.70. The van der Waals surface area contributed by atoms with E-state index in [0.29, 0.717) is 22.6 Å². The van der Waals surface area contributed by atoms with Gasteiger partial charge in [0.2, 0.25) is 0 Å². The maximum atomic E-state index is 13.1. The van der Waals surface area contributed by atoms with Gasteiger partial charge in [-0.1, -0.05) is 59.8 Å². The quantitative estimate of drug-likeness (QED) is 0.262. The average molecular weight is 407 g/mol. The average Bonchev–Trinajstić information content (AvgIpc) is 3.25. The molecule has 4 nitrogen and oxygen atoms in total. The van der Waals surface area contributed by atoms with Gasteiger partial charge in [-0.2, -0.15) is 0 Å². The predicted octanol–water partition coefficient (Wildman–Crippen LogP) is 4.79. The van der Waals surface area contributed by atoms with Crippen molar-refractivity contribution < 1.29 is 4.79 Å². The molecule has 6 heteroatoms. The van der Waals surface area contributed by atoms with Crippen LogP contribution in [-0.2, 0) is 6.54 Å². The zero-order chi connectivity index (χ0) is 19.5. The number of hydrogen-bond acceptors (Lipinski definition) is 5. The number of rotatable bonds is 6. The molecule has 0 N–H and O–H groups in total. The minimum atomic E-state index is -0.0859. The Bertz CT molecular complexity index is 1180. The zero-order valence-electron chi connectivity index (χ0n) is 15.3. The number of ketones is 1. The van der Waals surface area contributed by atoms with Crippen LogP contribution in [0.5, 0.6) is 0 Å². The lowest BCUT2D eigenvalue weighted by molar-refractivity contribution is 0.102. The van der Waals surface area contributed by atoms with Gasteiger partial charge in [0, 0.05) is 0 Å². The van der Waals surface area contributed by atoms with E-state index in [1.54, 1.807) is 10.6 Å². The molecule has 0 aliphatic carbocycles. The molecule has 2 aromatic heterocycles. The summed E-state index contributed by atoms with van der Waals surface area (Å²) in [5, 5.41) is 3.04. The summed E-state index contributed by atoms with van der Waals surface area (Å²) < 4.78 is 1.67. The first-order valence-corrected chi connectivity index (χ1v) is 10.7. The number of benzene rings is 2.